The first-order valence-electron chi connectivity index (χ1n) is 11.0. The summed E-state index contributed by atoms with van der Waals surface area (Å²) in [6.07, 6.45) is 0.831. The predicted molar refractivity (Wildman–Crippen MR) is 126 cm³/mol. The summed E-state index contributed by atoms with van der Waals surface area (Å²) < 4.78 is 19.4. The highest BCUT2D eigenvalue weighted by atomic mass is 32.1. The van der Waals surface area contributed by atoms with Crippen LogP contribution >= 0.6 is 11.3 Å². The molecule has 1 aliphatic heterocycles. The fourth-order valence-electron chi connectivity index (χ4n) is 3.90. The summed E-state index contributed by atoms with van der Waals surface area (Å²) in [7, 11) is 2.10. The molecule has 3 heterocycles. The SMILES string of the molecule is CCC(C)N(Cc1c(-c2ccc(F)cc2)noc1N1CCN(C)CC1)C(=O)c1cccs1. The Hall–Kier alpha value is -2.71. The van der Waals surface area contributed by atoms with Gasteiger partial charge in [-0.15, -0.1) is 11.3 Å². The topological polar surface area (TPSA) is 52.8 Å². The van der Waals surface area contributed by atoms with Crippen molar-refractivity contribution in [2.45, 2.75) is 32.9 Å². The first kappa shape index (κ1) is 22.5. The molecule has 6 nitrogen and oxygen atoms in total. The molecule has 0 saturated carbocycles. The number of hydrogen-bond donors (Lipinski definition) is 0. The molecule has 1 amide bonds. The quantitative estimate of drug-likeness (QED) is 0.514. The van der Waals surface area contributed by atoms with Gasteiger partial charge in [-0.2, -0.15) is 0 Å². The van der Waals surface area contributed by atoms with Gasteiger partial charge in [0.25, 0.3) is 5.91 Å². The molecule has 3 aromatic rings. The maximum atomic E-state index is 13.6. The number of piperazine rings is 1. The molecule has 4 rings (SSSR count). The molecule has 1 unspecified atom stereocenters. The van der Waals surface area contributed by atoms with Crippen LogP contribution in [-0.4, -0.2) is 60.1 Å². The minimum Gasteiger partial charge on any atom is -0.338 e. The second-order valence-electron chi connectivity index (χ2n) is 8.28. The Morgan fingerprint density at radius 3 is 2.56 bits per heavy atom. The Morgan fingerprint density at radius 2 is 1.94 bits per heavy atom. The molecule has 0 aliphatic carbocycles. The van der Waals surface area contributed by atoms with Gasteiger partial charge in [-0.25, -0.2) is 4.39 Å². The van der Waals surface area contributed by atoms with Gasteiger partial charge in [0.2, 0.25) is 5.88 Å². The van der Waals surface area contributed by atoms with Crippen molar-refractivity contribution in [1.82, 2.24) is 15.0 Å². The standard InChI is InChI=1S/C24H29FN4O2S/c1-4-17(2)29(23(30)21-6-5-15-32-21)16-20-22(18-7-9-19(25)10-8-18)26-31-24(20)28-13-11-27(3)12-14-28/h5-10,15,17H,4,11-14,16H2,1-3H3. The summed E-state index contributed by atoms with van der Waals surface area (Å²) >= 11 is 1.45. The molecule has 1 aliphatic rings. The van der Waals surface area contributed by atoms with E-state index in [1.54, 1.807) is 12.1 Å². The Kier molecular flexibility index (Phi) is 6.91. The fourth-order valence-corrected chi connectivity index (χ4v) is 4.57. The third-order valence-electron chi connectivity index (χ3n) is 6.12. The first-order chi connectivity index (χ1) is 15.5. The number of hydrogen-bond acceptors (Lipinski definition) is 6. The van der Waals surface area contributed by atoms with Gasteiger partial charge in [-0.3, -0.25) is 4.79 Å². The number of amides is 1. The van der Waals surface area contributed by atoms with Gasteiger partial charge in [0.1, 0.15) is 11.5 Å². The summed E-state index contributed by atoms with van der Waals surface area (Å²) in [5.74, 6) is 0.404. The van der Waals surface area contributed by atoms with Crippen molar-refractivity contribution in [1.29, 1.82) is 0 Å². The van der Waals surface area contributed by atoms with Gasteiger partial charge in [-0.1, -0.05) is 18.1 Å². The lowest BCUT2D eigenvalue weighted by Gasteiger charge is -2.33. The molecule has 0 radical (unpaired) electrons. The summed E-state index contributed by atoms with van der Waals surface area (Å²) in [4.78, 5) is 20.5. The highest BCUT2D eigenvalue weighted by Gasteiger charge is 2.30. The van der Waals surface area contributed by atoms with Crippen LogP contribution in [0.3, 0.4) is 0 Å². The van der Waals surface area contributed by atoms with Gasteiger partial charge in [0, 0.05) is 37.8 Å². The molecular weight excluding hydrogens is 427 g/mol. The number of carbonyl (C=O) groups excluding carboxylic acids is 1. The molecular formula is C24H29FN4O2S. The Balaban J connectivity index is 1.74. The van der Waals surface area contributed by atoms with E-state index in [4.69, 9.17) is 4.52 Å². The highest BCUT2D eigenvalue weighted by molar-refractivity contribution is 7.12. The zero-order chi connectivity index (χ0) is 22.7. The number of rotatable bonds is 7. The van der Waals surface area contributed by atoms with E-state index >= 15 is 0 Å². The Labute approximate surface area is 192 Å². The van der Waals surface area contributed by atoms with Crippen molar-refractivity contribution in [3.63, 3.8) is 0 Å². The van der Waals surface area contributed by atoms with E-state index in [2.05, 4.69) is 35.9 Å². The molecule has 0 bridgehead atoms. The molecule has 2 aromatic heterocycles. The lowest BCUT2D eigenvalue weighted by Crippen LogP contribution is -2.45. The van der Waals surface area contributed by atoms with E-state index in [0.717, 1.165) is 43.7 Å². The average molecular weight is 457 g/mol. The normalized spacial score (nSPS) is 15.7. The van der Waals surface area contributed by atoms with Gasteiger partial charge in [0.05, 0.1) is 17.0 Å². The zero-order valence-corrected chi connectivity index (χ0v) is 19.6. The van der Waals surface area contributed by atoms with Crippen LogP contribution in [-0.2, 0) is 6.54 Å². The van der Waals surface area contributed by atoms with E-state index < -0.39 is 0 Å². The molecule has 1 aromatic carbocycles. The van der Waals surface area contributed by atoms with Crippen LogP contribution in [0, 0.1) is 5.82 Å². The van der Waals surface area contributed by atoms with Gasteiger partial charge in [0.15, 0.2) is 0 Å². The van der Waals surface area contributed by atoms with Gasteiger partial charge >= 0.3 is 0 Å². The number of nitrogens with zero attached hydrogens (tertiary/aromatic N) is 4. The molecule has 0 spiro atoms. The largest absolute Gasteiger partial charge is 0.338 e. The van der Waals surface area contributed by atoms with Crippen molar-refractivity contribution in [3.8, 4) is 11.3 Å². The number of carbonyl (C=O) groups is 1. The number of likely N-dealkylation sites (N-methyl/N-ethyl adjacent to an activating group) is 1. The minimum atomic E-state index is -0.299. The second kappa shape index (κ2) is 9.83. The molecule has 1 saturated heterocycles. The summed E-state index contributed by atoms with van der Waals surface area (Å²) in [5.41, 5.74) is 2.30. The van der Waals surface area contributed by atoms with E-state index in [1.165, 1.54) is 23.5 Å². The van der Waals surface area contributed by atoms with E-state index in [9.17, 15) is 9.18 Å². The van der Waals surface area contributed by atoms with E-state index in [0.29, 0.717) is 23.0 Å². The van der Waals surface area contributed by atoms with Crippen LogP contribution in [0.25, 0.3) is 11.3 Å². The van der Waals surface area contributed by atoms with Crippen molar-refractivity contribution in [2.24, 2.45) is 0 Å². The van der Waals surface area contributed by atoms with Crippen molar-refractivity contribution < 1.29 is 13.7 Å². The monoisotopic (exact) mass is 456 g/mol. The van der Waals surface area contributed by atoms with Crippen LogP contribution < -0.4 is 4.90 Å². The van der Waals surface area contributed by atoms with Crippen LogP contribution in [0.15, 0.2) is 46.3 Å². The first-order valence-corrected chi connectivity index (χ1v) is 11.9. The fraction of sp³-hybridized carbons (Fsp3) is 0.417. The molecule has 170 valence electrons. The lowest BCUT2D eigenvalue weighted by molar-refractivity contribution is 0.0677. The van der Waals surface area contributed by atoms with Gasteiger partial charge in [-0.05, 0) is 56.1 Å². The number of thiophene rings is 1. The lowest BCUT2D eigenvalue weighted by atomic mass is 10.0. The zero-order valence-electron chi connectivity index (χ0n) is 18.8. The van der Waals surface area contributed by atoms with Crippen LogP contribution in [0.4, 0.5) is 10.3 Å². The van der Waals surface area contributed by atoms with Crippen molar-refractivity contribution in [2.75, 3.05) is 38.1 Å². The molecule has 1 fully saturated rings. The Morgan fingerprint density at radius 1 is 1.22 bits per heavy atom. The number of halogens is 1. The molecule has 1 atom stereocenters. The average Bonchev–Trinajstić information content (AvgIpc) is 3.48. The minimum absolute atomic E-state index is 0.00457. The van der Waals surface area contributed by atoms with Crippen molar-refractivity contribution in [3.05, 3.63) is 58.0 Å². The predicted octanol–water partition coefficient (Wildman–Crippen LogP) is 4.73. The van der Waals surface area contributed by atoms with E-state index in [-0.39, 0.29) is 17.8 Å². The molecule has 0 N–H and O–H groups in total. The third kappa shape index (κ3) is 4.71. The van der Waals surface area contributed by atoms with Gasteiger partial charge < -0.3 is 19.2 Å². The molecule has 8 heteroatoms. The summed E-state index contributed by atoms with van der Waals surface area (Å²) in [5, 5.41) is 6.30. The highest BCUT2D eigenvalue weighted by Crippen LogP contribution is 2.34. The van der Waals surface area contributed by atoms with E-state index in [1.807, 2.05) is 22.4 Å². The molecule has 32 heavy (non-hydrogen) atoms. The Bertz CT molecular complexity index is 1030. The maximum absolute atomic E-state index is 13.6. The second-order valence-corrected chi connectivity index (χ2v) is 9.23. The number of anilines is 1. The maximum Gasteiger partial charge on any atom is 0.264 e. The summed E-state index contributed by atoms with van der Waals surface area (Å²) in [6.45, 7) is 8.02. The summed E-state index contributed by atoms with van der Waals surface area (Å²) in [6, 6.07) is 10.1. The number of benzene rings is 1. The third-order valence-corrected chi connectivity index (χ3v) is 6.98. The van der Waals surface area contributed by atoms with Crippen LogP contribution in [0.1, 0.15) is 35.5 Å². The van der Waals surface area contributed by atoms with Crippen LogP contribution in [0.2, 0.25) is 0 Å². The van der Waals surface area contributed by atoms with Crippen LogP contribution in [0.5, 0.6) is 0 Å². The van der Waals surface area contributed by atoms with Crippen molar-refractivity contribution >= 4 is 23.1 Å². The smallest absolute Gasteiger partial charge is 0.264 e. The number of aromatic nitrogens is 1.